The second-order valence-electron chi connectivity index (χ2n) is 21.8. The van der Waals surface area contributed by atoms with Gasteiger partial charge < -0.3 is 9.80 Å². The van der Waals surface area contributed by atoms with Crippen LogP contribution < -0.4 is 9.80 Å². The zero-order valence-electron chi connectivity index (χ0n) is 45.9. The molecule has 0 aliphatic heterocycles. The third-order valence-electron chi connectivity index (χ3n) is 16.5. The van der Waals surface area contributed by atoms with Gasteiger partial charge in [-0.3, -0.25) is 0 Å². The molecule has 0 fully saturated rings. The summed E-state index contributed by atoms with van der Waals surface area (Å²) in [7, 11) is 0. The van der Waals surface area contributed by atoms with E-state index in [1.807, 2.05) is 0 Å². The molecule has 0 saturated carbocycles. The lowest BCUT2D eigenvalue weighted by Crippen LogP contribution is -2.18. The van der Waals surface area contributed by atoms with E-state index in [9.17, 15) is 0 Å². The van der Waals surface area contributed by atoms with Crippen molar-refractivity contribution in [3.05, 3.63) is 302 Å². The Kier molecular flexibility index (Phi) is 13.9. The van der Waals surface area contributed by atoms with Gasteiger partial charge in [0.15, 0.2) is 0 Å². The third kappa shape index (κ3) is 10.0. The Labute approximate surface area is 468 Å². The predicted molar refractivity (Wildman–Crippen MR) is 338 cm³/mol. The van der Waals surface area contributed by atoms with Crippen LogP contribution in [0, 0.1) is 0 Å². The highest BCUT2D eigenvalue weighted by atomic mass is 15.1. The molecule has 2 heteroatoms. The minimum atomic E-state index is -0.194. The molecule has 12 rings (SSSR count). The fourth-order valence-electron chi connectivity index (χ4n) is 11.7. The van der Waals surface area contributed by atoms with Gasteiger partial charge in [0.05, 0.1) is 0 Å². The van der Waals surface area contributed by atoms with E-state index in [1.165, 1.54) is 83.5 Å². The molecule has 11 aromatic carbocycles. The number of hydrogen-bond donors (Lipinski definition) is 0. The van der Waals surface area contributed by atoms with Crippen molar-refractivity contribution in [3.63, 3.8) is 0 Å². The van der Waals surface area contributed by atoms with Crippen molar-refractivity contribution in [2.45, 2.75) is 58.3 Å². The number of allylic oxidation sites excluding steroid dienone is 2. The summed E-state index contributed by atoms with van der Waals surface area (Å²) in [6, 6.07) is 100. The number of nitrogens with zero attached hydrogens (tertiary/aromatic N) is 2. The second-order valence-corrected chi connectivity index (χ2v) is 21.8. The maximum atomic E-state index is 2.43. The molecule has 0 spiro atoms. The van der Waals surface area contributed by atoms with Crippen LogP contribution in [0.3, 0.4) is 0 Å². The summed E-state index contributed by atoms with van der Waals surface area (Å²) < 4.78 is 0. The third-order valence-corrected chi connectivity index (χ3v) is 16.5. The summed E-state index contributed by atoms with van der Waals surface area (Å²) in [5.74, 6) is 0. The van der Waals surface area contributed by atoms with Crippen molar-refractivity contribution in [2.24, 2.45) is 0 Å². The van der Waals surface area contributed by atoms with E-state index in [1.54, 1.807) is 0 Å². The topological polar surface area (TPSA) is 6.48 Å². The van der Waals surface area contributed by atoms with Crippen LogP contribution in [0.25, 0.3) is 66.8 Å². The van der Waals surface area contributed by atoms with Crippen molar-refractivity contribution < 1.29 is 0 Å². The first-order chi connectivity index (χ1) is 38.7. The van der Waals surface area contributed by atoms with E-state index in [-0.39, 0.29) is 10.8 Å². The molecule has 0 saturated heterocycles. The van der Waals surface area contributed by atoms with Crippen LogP contribution in [-0.2, 0) is 10.8 Å². The zero-order chi connectivity index (χ0) is 53.9. The van der Waals surface area contributed by atoms with E-state index in [0.29, 0.717) is 0 Å². The summed E-state index contributed by atoms with van der Waals surface area (Å²) in [6.07, 6.45) is 6.75. The van der Waals surface area contributed by atoms with Gasteiger partial charge in [-0.05, 0) is 181 Å². The van der Waals surface area contributed by atoms with E-state index < -0.39 is 0 Å². The Morgan fingerprint density at radius 3 is 0.886 bits per heavy atom. The van der Waals surface area contributed by atoms with Crippen molar-refractivity contribution in [1.29, 1.82) is 0 Å². The summed E-state index contributed by atoms with van der Waals surface area (Å²) >= 11 is 0. The maximum Gasteiger partial charge on any atom is 0.0462 e. The van der Waals surface area contributed by atoms with Crippen LogP contribution in [0.1, 0.15) is 64.2 Å². The van der Waals surface area contributed by atoms with Gasteiger partial charge in [-0.2, -0.15) is 0 Å². The first-order valence-electron chi connectivity index (χ1n) is 28.0. The lowest BCUT2D eigenvalue weighted by Gasteiger charge is -2.29. The van der Waals surface area contributed by atoms with Gasteiger partial charge in [-0.15, -0.1) is 0 Å². The molecule has 1 aliphatic carbocycles. The van der Waals surface area contributed by atoms with Gasteiger partial charge in [0.1, 0.15) is 0 Å². The van der Waals surface area contributed by atoms with Gasteiger partial charge in [0.25, 0.3) is 0 Å². The Morgan fingerprint density at radius 1 is 0.329 bits per heavy atom. The molecule has 2 nitrogen and oxygen atoms in total. The van der Waals surface area contributed by atoms with Crippen LogP contribution in [0.5, 0.6) is 0 Å². The molecule has 384 valence electrons. The average Bonchev–Trinajstić information content (AvgIpc) is 4.04. The first kappa shape index (κ1) is 50.6. The summed E-state index contributed by atoms with van der Waals surface area (Å²) in [5.41, 5.74) is 25.2. The molecule has 79 heavy (non-hydrogen) atoms. The van der Waals surface area contributed by atoms with Crippen LogP contribution in [0.2, 0.25) is 0 Å². The van der Waals surface area contributed by atoms with Gasteiger partial charge in [0.2, 0.25) is 0 Å². The van der Waals surface area contributed by atoms with Gasteiger partial charge in [-0.1, -0.05) is 235 Å². The molecule has 0 aromatic heterocycles. The van der Waals surface area contributed by atoms with Crippen molar-refractivity contribution in [1.82, 2.24) is 0 Å². The highest BCUT2D eigenvalue weighted by Gasteiger charge is 2.36. The molecule has 1 unspecified atom stereocenters. The van der Waals surface area contributed by atoms with Gasteiger partial charge in [-0.25, -0.2) is 0 Å². The number of anilines is 6. The van der Waals surface area contributed by atoms with E-state index in [4.69, 9.17) is 0 Å². The predicted octanol–water partition coefficient (Wildman–Crippen LogP) is 21.9. The number of benzene rings is 11. The molecule has 0 N–H and O–H groups in total. The largest absolute Gasteiger partial charge is 0.311 e. The van der Waals surface area contributed by atoms with Gasteiger partial charge >= 0.3 is 0 Å². The molecular formula is C77H66N2. The molecule has 0 amide bonds. The summed E-state index contributed by atoms with van der Waals surface area (Å²) in [5, 5.41) is 0. The highest BCUT2D eigenvalue weighted by molar-refractivity contribution is 5.88. The molecule has 1 atom stereocenters. The van der Waals surface area contributed by atoms with E-state index in [0.717, 1.165) is 47.0 Å². The first-order valence-corrected chi connectivity index (χ1v) is 28.0. The van der Waals surface area contributed by atoms with E-state index in [2.05, 4.69) is 330 Å². The molecule has 1 aliphatic rings. The Morgan fingerprint density at radius 2 is 0.595 bits per heavy atom. The molecule has 0 radical (unpaired) electrons. The van der Waals surface area contributed by atoms with Crippen LogP contribution in [0.4, 0.5) is 34.1 Å². The number of fused-ring (bicyclic) bond motifs is 3. The molecular weight excluding hydrogens is 953 g/mol. The maximum absolute atomic E-state index is 2.43. The number of hydrogen-bond acceptors (Lipinski definition) is 2. The van der Waals surface area contributed by atoms with Crippen molar-refractivity contribution >= 4 is 34.1 Å². The average molecular weight is 1020 g/mol. The highest BCUT2D eigenvalue weighted by Crippen LogP contribution is 2.51. The SMILES string of the molecule is CCC=CC(C)(CC)c1ccc(N(c2ccc(-c3ccccc3)cc2)c2ccc(-c3ccc4c(c3)C(C)(C)c3cc(-c5ccc(N(c6ccc(-c7ccccc7)cc6)c6ccc(-c7ccccc7)cc6)cc5)ccc3-4)cc2)cc1. The standard InChI is InChI=1S/C77H66N2/c1-6-8-52-77(5,7-2)65-36-48-71(49-37-65)79(68-42-28-60(29-43-68)57-22-16-11-17-23-57)70-46-32-62(33-47-70)64-35-51-73-72-50-34-63(53-74(72)76(3,4)75(73)54-64)61-30-44-69(45-31-61)78(66-38-24-58(25-39-66)55-18-12-9-13-19-55)67-40-26-59(27-41-67)56-20-14-10-15-21-56/h8-54H,6-7H2,1-5H3. The lowest BCUT2D eigenvalue weighted by atomic mass is 9.79. The quantitative estimate of drug-likeness (QED) is 0.0945. The van der Waals surface area contributed by atoms with Gasteiger partial charge in [0, 0.05) is 45.0 Å². The van der Waals surface area contributed by atoms with E-state index >= 15 is 0 Å². The summed E-state index contributed by atoms with van der Waals surface area (Å²) in [4.78, 5) is 4.74. The number of rotatable bonds is 15. The van der Waals surface area contributed by atoms with Crippen molar-refractivity contribution in [2.75, 3.05) is 9.80 Å². The monoisotopic (exact) mass is 1020 g/mol. The molecule has 11 aromatic rings. The zero-order valence-corrected chi connectivity index (χ0v) is 45.9. The Balaban J connectivity index is 0.820. The fraction of sp³-hybridized carbons (Fsp3) is 0.117. The second kappa shape index (κ2) is 21.6. The minimum absolute atomic E-state index is 0.0156. The summed E-state index contributed by atoms with van der Waals surface area (Å²) in [6.45, 7) is 11.6. The lowest BCUT2D eigenvalue weighted by molar-refractivity contribution is 0.571. The minimum Gasteiger partial charge on any atom is -0.311 e. The molecule has 0 bridgehead atoms. The van der Waals surface area contributed by atoms with Crippen LogP contribution >= 0.6 is 0 Å². The Hall–Kier alpha value is -9.24. The normalized spacial score (nSPS) is 13.1. The van der Waals surface area contributed by atoms with Crippen LogP contribution in [-0.4, -0.2) is 0 Å². The van der Waals surface area contributed by atoms with Crippen molar-refractivity contribution in [3.8, 4) is 66.8 Å². The smallest absolute Gasteiger partial charge is 0.0462 e. The Bertz CT molecular complexity index is 3800. The fourth-order valence-corrected chi connectivity index (χ4v) is 11.7. The van der Waals surface area contributed by atoms with Crippen LogP contribution in [0.15, 0.2) is 285 Å². The molecule has 0 heterocycles.